The molecule has 1 aliphatic heterocycles. The molecule has 5 heteroatoms. The van der Waals surface area contributed by atoms with Crippen LogP contribution < -0.4 is 15.0 Å². The van der Waals surface area contributed by atoms with Gasteiger partial charge in [-0.05, 0) is 87.3 Å². The first-order chi connectivity index (χ1) is 15.2. The molecule has 0 aromatic heterocycles. The minimum Gasteiger partial charge on any atom is -0.495 e. The molecule has 1 aromatic rings. The number of rotatable bonds is 8. The van der Waals surface area contributed by atoms with Crippen LogP contribution >= 0.6 is 0 Å². The average molecular weight is 426 g/mol. The van der Waals surface area contributed by atoms with Gasteiger partial charge in [0.2, 0.25) is 5.91 Å². The summed E-state index contributed by atoms with van der Waals surface area (Å²) in [4.78, 5) is 17.9. The smallest absolute Gasteiger partial charge is 0.223 e. The van der Waals surface area contributed by atoms with E-state index in [1.807, 2.05) is 12.1 Å². The largest absolute Gasteiger partial charge is 0.495 e. The second-order valence-corrected chi connectivity index (χ2v) is 10.5. The molecular weight excluding hydrogens is 386 g/mol. The first kappa shape index (κ1) is 21.1. The van der Waals surface area contributed by atoms with Gasteiger partial charge in [0.05, 0.1) is 12.8 Å². The zero-order valence-electron chi connectivity index (χ0n) is 19.1. The van der Waals surface area contributed by atoms with Crippen molar-refractivity contribution in [2.45, 2.75) is 44.9 Å². The van der Waals surface area contributed by atoms with Crippen LogP contribution in [-0.4, -0.2) is 57.2 Å². The molecule has 5 fully saturated rings. The van der Waals surface area contributed by atoms with Gasteiger partial charge in [-0.2, -0.15) is 0 Å². The Labute approximate surface area is 187 Å². The van der Waals surface area contributed by atoms with E-state index in [4.69, 9.17) is 4.74 Å². The molecule has 6 rings (SSSR count). The molecule has 5 nitrogen and oxygen atoms in total. The fourth-order valence-electron chi connectivity index (χ4n) is 7.25. The molecule has 1 saturated heterocycles. The Balaban J connectivity index is 0.990. The van der Waals surface area contributed by atoms with Gasteiger partial charge in [-0.3, -0.25) is 9.69 Å². The van der Waals surface area contributed by atoms with Gasteiger partial charge in [-0.25, -0.2) is 0 Å². The zero-order chi connectivity index (χ0) is 21.2. The predicted molar refractivity (Wildman–Crippen MR) is 124 cm³/mol. The van der Waals surface area contributed by atoms with Crippen LogP contribution in [0.5, 0.6) is 5.75 Å². The average Bonchev–Trinajstić information content (AvgIpc) is 2.78. The summed E-state index contributed by atoms with van der Waals surface area (Å²) in [6, 6.07) is 8.31. The molecule has 5 aliphatic rings. The van der Waals surface area contributed by atoms with Gasteiger partial charge in [0.1, 0.15) is 5.75 Å². The van der Waals surface area contributed by atoms with Gasteiger partial charge in [-0.15, -0.1) is 0 Å². The number of carbonyl (C=O) groups excluding carboxylic acids is 1. The second-order valence-electron chi connectivity index (χ2n) is 10.5. The molecule has 1 amide bonds. The Bertz CT molecular complexity index is 731. The molecular formula is C26H39N3O2. The molecule has 4 bridgehead atoms. The lowest BCUT2D eigenvalue weighted by molar-refractivity contribution is -0.138. The number of unbranched alkanes of at least 4 members (excludes halogenated alkanes) is 1. The molecule has 1 N–H and O–H groups in total. The zero-order valence-corrected chi connectivity index (χ0v) is 19.1. The van der Waals surface area contributed by atoms with E-state index in [2.05, 4.69) is 27.2 Å². The van der Waals surface area contributed by atoms with Crippen molar-refractivity contribution in [3.05, 3.63) is 24.3 Å². The molecule has 1 aromatic carbocycles. The number of piperazine rings is 1. The molecule has 1 heterocycles. The second kappa shape index (κ2) is 9.40. The summed E-state index contributed by atoms with van der Waals surface area (Å²) in [5.74, 6) is 4.93. The van der Waals surface area contributed by atoms with E-state index in [9.17, 15) is 4.79 Å². The van der Waals surface area contributed by atoms with E-state index in [1.54, 1.807) is 7.11 Å². The van der Waals surface area contributed by atoms with E-state index in [0.717, 1.165) is 69.7 Å². The van der Waals surface area contributed by atoms with E-state index >= 15 is 0 Å². The molecule has 0 spiro atoms. The van der Waals surface area contributed by atoms with Crippen LogP contribution in [0.3, 0.4) is 0 Å². The van der Waals surface area contributed by atoms with Crippen molar-refractivity contribution < 1.29 is 9.53 Å². The Kier molecular flexibility index (Phi) is 6.40. The number of nitrogens with one attached hydrogen (secondary N) is 1. The van der Waals surface area contributed by atoms with Gasteiger partial charge < -0.3 is 15.0 Å². The first-order valence-corrected chi connectivity index (χ1v) is 12.6. The van der Waals surface area contributed by atoms with E-state index in [-0.39, 0.29) is 0 Å². The van der Waals surface area contributed by atoms with Crippen LogP contribution in [0.15, 0.2) is 24.3 Å². The SMILES string of the molecule is COc1ccccc1N1CCN(CCCCNC(=O)C2C3CC4CC(C3)CC2C4)CC1. The van der Waals surface area contributed by atoms with E-state index in [1.165, 1.54) is 37.8 Å². The lowest BCUT2D eigenvalue weighted by atomic mass is 9.51. The van der Waals surface area contributed by atoms with Crippen molar-refractivity contribution >= 4 is 11.6 Å². The maximum Gasteiger partial charge on any atom is 0.223 e. The molecule has 170 valence electrons. The van der Waals surface area contributed by atoms with Crippen LogP contribution in [0.4, 0.5) is 5.69 Å². The number of ether oxygens (including phenoxy) is 1. The standard InChI is InChI=1S/C26H39N3O2/c1-31-24-7-3-2-6-23(24)29-12-10-28(11-13-29)9-5-4-8-27-26(30)25-21-15-19-14-20(17-21)18-22(25)16-19/h2-3,6-7,19-22,25H,4-5,8-18H2,1H3,(H,27,30). The highest BCUT2D eigenvalue weighted by atomic mass is 16.5. The predicted octanol–water partition coefficient (Wildman–Crippen LogP) is 3.79. The Morgan fingerprint density at radius 3 is 2.32 bits per heavy atom. The van der Waals surface area contributed by atoms with Gasteiger partial charge in [0, 0.05) is 38.6 Å². The lowest BCUT2D eigenvalue weighted by Crippen LogP contribution is -2.51. The number of nitrogens with zero attached hydrogens (tertiary/aromatic N) is 2. The third-order valence-corrected chi connectivity index (χ3v) is 8.53. The molecule has 4 aliphatic carbocycles. The highest BCUT2D eigenvalue weighted by Crippen LogP contribution is 2.56. The number of hydrogen-bond acceptors (Lipinski definition) is 4. The fraction of sp³-hybridized carbons (Fsp3) is 0.731. The van der Waals surface area contributed by atoms with Gasteiger partial charge in [-0.1, -0.05) is 12.1 Å². The van der Waals surface area contributed by atoms with Gasteiger partial charge in [0.15, 0.2) is 0 Å². The number of methoxy groups -OCH3 is 1. The van der Waals surface area contributed by atoms with E-state index < -0.39 is 0 Å². The molecule has 31 heavy (non-hydrogen) atoms. The molecule has 0 unspecified atom stereocenters. The maximum absolute atomic E-state index is 12.9. The maximum atomic E-state index is 12.9. The minimum atomic E-state index is 0.329. The third kappa shape index (κ3) is 4.57. The topological polar surface area (TPSA) is 44.8 Å². The minimum absolute atomic E-state index is 0.329. The summed E-state index contributed by atoms with van der Waals surface area (Å²) in [6.45, 7) is 6.26. The third-order valence-electron chi connectivity index (χ3n) is 8.53. The lowest BCUT2D eigenvalue weighted by Gasteiger charge is -2.53. The van der Waals surface area contributed by atoms with Gasteiger partial charge in [0.25, 0.3) is 0 Å². The monoisotopic (exact) mass is 425 g/mol. The van der Waals surface area contributed by atoms with Crippen molar-refractivity contribution in [3.8, 4) is 5.75 Å². The summed E-state index contributed by atoms with van der Waals surface area (Å²) in [6.07, 6.45) is 9.01. The van der Waals surface area contributed by atoms with Crippen molar-refractivity contribution in [2.24, 2.45) is 29.6 Å². The Morgan fingerprint density at radius 1 is 0.968 bits per heavy atom. The van der Waals surface area contributed by atoms with Crippen LogP contribution in [-0.2, 0) is 4.79 Å². The quantitative estimate of drug-likeness (QED) is 0.644. The highest BCUT2D eigenvalue weighted by Gasteiger charge is 2.50. The fourth-order valence-corrected chi connectivity index (χ4v) is 7.25. The van der Waals surface area contributed by atoms with Crippen LogP contribution in [0, 0.1) is 29.6 Å². The summed E-state index contributed by atoms with van der Waals surface area (Å²) < 4.78 is 5.52. The van der Waals surface area contributed by atoms with Crippen molar-refractivity contribution in [1.82, 2.24) is 10.2 Å². The first-order valence-electron chi connectivity index (χ1n) is 12.6. The van der Waals surface area contributed by atoms with Crippen molar-refractivity contribution in [1.29, 1.82) is 0 Å². The van der Waals surface area contributed by atoms with Crippen LogP contribution in [0.2, 0.25) is 0 Å². The molecule has 0 atom stereocenters. The van der Waals surface area contributed by atoms with E-state index in [0.29, 0.717) is 23.7 Å². The normalized spacial score (nSPS) is 32.3. The van der Waals surface area contributed by atoms with Gasteiger partial charge >= 0.3 is 0 Å². The highest BCUT2D eigenvalue weighted by molar-refractivity contribution is 5.79. The van der Waals surface area contributed by atoms with Crippen molar-refractivity contribution in [2.75, 3.05) is 51.3 Å². The Hall–Kier alpha value is -1.75. The number of benzene rings is 1. The molecule has 4 saturated carbocycles. The van der Waals surface area contributed by atoms with Crippen LogP contribution in [0.25, 0.3) is 0 Å². The summed E-state index contributed by atoms with van der Waals surface area (Å²) in [7, 11) is 1.75. The number of amides is 1. The number of para-hydroxylation sites is 2. The summed E-state index contributed by atoms with van der Waals surface area (Å²) in [5.41, 5.74) is 1.21. The number of anilines is 1. The summed E-state index contributed by atoms with van der Waals surface area (Å²) in [5, 5.41) is 3.31. The summed E-state index contributed by atoms with van der Waals surface area (Å²) >= 11 is 0. The number of carbonyl (C=O) groups is 1. The molecule has 0 radical (unpaired) electrons. The number of hydrogen-bond donors (Lipinski definition) is 1. The van der Waals surface area contributed by atoms with Crippen molar-refractivity contribution in [3.63, 3.8) is 0 Å². The Morgan fingerprint density at radius 2 is 1.65 bits per heavy atom. The van der Waals surface area contributed by atoms with Crippen LogP contribution in [0.1, 0.15) is 44.9 Å².